The molecule has 1 aromatic heterocycles. The molecule has 1 fully saturated rings. The van der Waals surface area contributed by atoms with Crippen molar-refractivity contribution in [1.29, 1.82) is 0 Å². The van der Waals surface area contributed by atoms with Crippen LogP contribution in [0.2, 0.25) is 0 Å². The highest BCUT2D eigenvalue weighted by molar-refractivity contribution is 6.07. The molecule has 30 heavy (non-hydrogen) atoms. The van der Waals surface area contributed by atoms with Crippen LogP contribution >= 0.6 is 0 Å². The maximum atomic E-state index is 11.0. The molecule has 1 aliphatic heterocycles. The number of hydrogen-bond acceptors (Lipinski definition) is 3. The number of hydrogen-bond donors (Lipinski definition) is 2. The van der Waals surface area contributed by atoms with Gasteiger partial charge in [-0.2, -0.15) is 0 Å². The number of para-hydroxylation sites is 2. The van der Waals surface area contributed by atoms with Gasteiger partial charge in [0.1, 0.15) is 0 Å². The number of aliphatic hydroxyl groups is 2. The molecular weight excluding hydrogens is 372 g/mol. The minimum Gasteiger partial charge on any atom is -0.390 e. The van der Waals surface area contributed by atoms with Crippen LogP contribution in [-0.2, 0) is 12.1 Å². The number of rotatable bonds is 5. The topological polar surface area (TPSA) is 48.6 Å². The van der Waals surface area contributed by atoms with E-state index in [-0.39, 0.29) is 0 Å². The Morgan fingerprint density at radius 2 is 1.27 bits per heavy atom. The quantitative estimate of drug-likeness (QED) is 0.529. The van der Waals surface area contributed by atoms with Gasteiger partial charge in [-0.1, -0.05) is 66.7 Å². The maximum Gasteiger partial charge on any atom is 0.0920 e. The lowest BCUT2D eigenvalue weighted by atomic mass is 9.84. The lowest BCUT2D eigenvalue weighted by molar-refractivity contribution is -0.0351. The van der Waals surface area contributed by atoms with E-state index < -0.39 is 11.7 Å². The first-order chi connectivity index (χ1) is 14.6. The summed E-state index contributed by atoms with van der Waals surface area (Å²) in [5, 5.41) is 24.4. The van der Waals surface area contributed by atoms with Gasteiger partial charge in [0.2, 0.25) is 0 Å². The number of nitrogens with zero attached hydrogens (tertiary/aromatic N) is 2. The highest BCUT2D eigenvalue weighted by Gasteiger charge is 2.34. The van der Waals surface area contributed by atoms with Gasteiger partial charge in [-0.3, -0.25) is 0 Å². The molecule has 154 valence electrons. The average Bonchev–Trinajstić information content (AvgIpc) is 3.10. The third-order valence-electron chi connectivity index (χ3n) is 6.54. The van der Waals surface area contributed by atoms with Gasteiger partial charge >= 0.3 is 0 Å². The van der Waals surface area contributed by atoms with Gasteiger partial charge in [0, 0.05) is 41.4 Å². The number of likely N-dealkylation sites (tertiary alicyclic amines) is 1. The molecule has 0 saturated carbocycles. The van der Waals surface area contributed by atoms with Crippen LogP contribution in [0.1, 0.15) is 18.4 Å². The molecule has 5 rings (SSSR count). The van der Waals surface area contributed by atoms with Crippen LogP contribution in [0.3, 0.4) is 0 Å². The second-order valence-corrected chi connectivity index (χ2v) is 8.50. The number of benzene rings is 3. The van der Waals surface area contributed by atoms with E-state index >= 15 is 0 Å². The zero-order chi connectivity index (χ0) is 20.6. The smallest absolute Gasteiger partial charge is 0.0920 e. The van der Waals surface area contributed by atoms with E-state index in [9.17, 15) is 10.2 Å². The van der Waals surface area contributed by atoms with E-state index in [4.69, 9.17) is 0 Å². The lowest BCUT2D eigenvalue weighted by Gasteiger charge is -2.39. The monoisotopic (exact) mass is 400 g/mol. The Morgan fingerprint density at radius 3 is 1.87 bits per heavy atom. The second kappa shape index (κ2) is 7.88. The summed E-state index contributed by atoms with van der Waals surface area (Å²) in [5.41, 5.74) is 2.57. The molecule has 1 aliphatic rings. The second-order valence-electron chi connectivity index (χ2n) is 8.50. The highest BCUT2D eigenvalue weighted by atomic mass is 16.3. The first kappa shape index (κ1) is 19.3. The number of aliphatic hydroxyl groups excluding tert-OH is 1. The SMILES string of the molecule is OC(CN1CCC(O)(c2ccccc2)CC1)Cn1c2ccccc2c2ccccc21. The fraction of sp³-hybridized carbons (Fsp3) is 0.308. The molecule has 4 heteroatoms. The molecule has 1 atom stereocenters. The van der Waals surface area contributed by atoms with Gasteiger partial charge in [0.05, 0.1) is 18.2 Å². The van der Waals surface area contributed by atoms with E-state index in [0.717, 1.165) is 29.7 Å². The Hall–Kier alpha value is -2.66. The number of piperidine rings is 1. The fourth-order valence-corrected chi connectivity index (χ4v) is 4.91. The van der Waals surface area contributed by atoms with Gasteiger partial charge in [-0.25, -0.2) is 0 Å². The minimum atomic E-state index is -0.754. The molecule has 0 bridgehead atoms. The molecule has 4 aromatic rings. The van der Waals surface area contributed by atoms with Crippen LogP contribution in [0, 0.1) is 0 Å². The number of aromatic nitrogens is 1. The van der Waals surface area contributed by atoms with Gasteiger partial charge in [-0.05, 0) is 30.5 Å². The van der Waals surface area contributed by atoms with Crippen LogP contribution in [0.25, 0.3) is 21.8 Å². The summed E-state index contributed by atoms with van der Waals surface area (Å²) < 4.78 is 2.24. The van der Waals surface area contributed by atoms with Gasteiger partial charge < -0.3 is 19.7 Å². The summed E-state index contributed by atoms with van der Waals surface area (Å²) in [6.45, 7) is 2.75. The van der Waals surface area contributed by atoms with Crippen molar-refractivity contribution in [2.24, 2.45) is 0 Å². The zero-order valence-electron chi connectivity index (χ0n) is 17.1. The molecule has 3 aromatic carbocycles. The largest absolute Gasteiger partial charge is 0.390 e. The zero-order valence-corrected chi connectivity index (χ0v) is 17.1. The van der Waals surface area contributed by atoms with Gasteiger partial charge in [-0.15, -0.1) is 0 Å². The number of β-amino-alcohol motifs (C(OH)–C–C–N with tert-alkyl or cyclic N) is 1. The van der Waals surface area contributed by atoms with Crippen molar-refractivity contribution in [3.05, 3.63) is 84.4 Å². The van der Waals surface area contributed by atoms with Crippen LogP contribution < -0.4 is 0 Å². The van der Waals surface area contributed by atoms with Crippen molar-refractivity contribution in [3.8, 4) is 0 Å². The lowest BCUT2D eigenvalue weighted by Crippen LogP contribution is -2.45. The predicted molar refractivity (Wildman–Crippen MR) is 121 cm³/mol. The highest BCUT2D eigenvalue weighted by Crippen LogP contribution is 2.33. The summed E-state index contributed by atoms with van der Waals surface area (Å²) in [7, 11) is 0. The average molecular weight is 401 g/mol. The van der Waals surface area contributed by atoms with Crippen LogP contribution in [-0.4, -0.2) is 45.4 Å². The third kappa shape index (κ3) is 3.52. The van der Waals surface area contributed by atoms with Gasteiger partial charge in [0.25, 0.3) is 0 Å². The summed E-state index contributed by atoms with van der Waals surface area (Å²) >= 11 is 0. The van der Waals surface area contributed by atoms with Crippen LogP contribution in [0.4, 0.5) is 0 Å². The normalized spacial score (nSPS) is 18.1. The molecule has 0 aliphatic carbocycles. The van der Waals surface area contributed by atoms with Crippen molar-refractivity contribution in [2.75, 3.05) is 19.6 Å². The van der Waals surface area contributed by atoms with E-state index in [0.29, 0.717) is 25.9 Å². The first-order valence-corrected chi connectivity index (χ1v) is 10.8. The fourth-order valence-electron chi connectivity index (χ4n) is 4.91. The molecule has 0 radical (unpaired) electrons. The van der Waals surface area contributed by atoms with Crippen LogP contribution in [0.5, 0.6) is 0 Å². The summed E-state index contributed by atoms with van der Waals surface area (Å²) in [6, 6.07) is 26.8. The summed E-state index contributed by atoms with van der Waals surface area (Å²) in [6.07, 6.45) is 0.922. The molecule has 0 spiro atoms. The van der Waals surface area contributed by atoms with Crippen LogP contribution in [0.15, 0.2) is 78.9 Å². The summed E-state index contributed by atoms with van der Waals surface area (Å²) in [4.78, 5) is 2.27. The molecule has 2 N–H and O–H groups in total. The van der Waals surface area contributed by atoms with Crippen molar-refractivity contribution < 1.29 is 10.2 Å². The van der Waals surface area contributed by atoms with Gasteiger partial charge in [0.15, 0.2) is 0 Å². The minimum absolute atomic E-state index is 0.466. The molecule has 0 amide bonds. The predicted octanol–water partition coefficient (Wildman–Crippen LogP) is 4.14. The molecule has 4 nitrogen and oxygen atoms in total. The maximum absolute atomic E-state index is 11.0. The first-order valence-electron chi connectivity index (χ1n) is 10.8. The Labute approximate surface area is 177 Å². The van der Waals surface area contributed by atoms with E-state index in [1.54, 1.807) is 0 Å². The summed E-state index contributed by atoms with van der Waals surface area (Å²) in [5.74, 6) is 0. The Bertz CT molecular complexity index is 1090. The van der Waals surface area contributed by atoms with E-state index in [1.807, 2.05) is 30.3 Å². The molecule has 1 unspecified atom stereocenters. The molecular formula is C26H28N2O2. The van der Waals surface area contributed by atoms with E-state index in [1.165, 1.54) is 10.8 Å². The van der Waals surface area contributed by atoms with E-state index in [2.05, 4.69) is 58.0 Å². The van der Waals surface area contributed by atoms with Crippen molar-refractivity contribution in [2.45, 2.75) is 31.1 Å². The standard InChI is InChI=1S/C26H28N2O2/c29-21(18-27-16-14-26(30,15-17-27)20-8-2-1-3-9-20)19-28-24-12-6-4-10-22(24)23-11-5-7-13-25(23)28/h1-13,21,29-30H,14-19H2. The molecule has 1 saturated heterocycles. The van der Waals surface area contributed by atoms with Crippen molar-refractivity contribution in [3.63, 3.8) is 0 Å². The Balaban J connectivity index is 1.29. The number of fused-ring (bicyclic) bond motifs is 3. The Kier molecular flexibility index (Phi) is 5.07. The molecule has 2 heterocycles. The third-order valence-corrected chi connectivity index (χ3v) is 6.54. The van der Waals surface area contributed by atoms with Crippen molar-refractivity contribution >= 4 is 21.8 Å². The van der Waals surface area contributed by atoms with Crippen molar-refractivity contribution in [1.82, 2.24) is 9.47 Å². The Morgan fingerprint density at radius 1 is 0.733 bits per heavy atom.